The van der Waals surface area contributed by atoms with Crippen LogP contribution in [0.3, 0.4) is 0 Å². The Morgan fingerprint density at radius 1 is 1.21 bits per heavy atom. The first-order valence-electron chi connectivity index (χ1n) is 6.47. The second kappa shape index (κ2) is 8.26. The van der Waals surface area contributed by atoms with Crippen molar-refractivity contribution in [2.45, 2.75) is 25.8 Å². The Morgan fingerprint density at radius 2 is 1.89 bits per heavy atom. The van der Waals surface area contributed by atoms with Gasteiger partial charge >= 0.3 is 0 Å². The monoisotopic (exact) mass is 263 g/mol. The second-order valence-corrected chi connectivity index (χ2v) is 4.30. The molecule has 0 heterocycles. The van der Waals surface area contributed by atoms with Crippen LogP contribution >= 0.6 is 0 Å². The molecule has 0 saturated carbocycles. The molecule has 5 heteroatoms. The van der Waals surface area contributed by atoms with Crippen molar-refractivity contribution in [3.8, 4) is 0 Å². The van der Waals surface area contributed by atoms with Gasteiger partial charge in [0.15, 0.2) is 0 Å². The highest BCUT2D eigenvalue weighted by molar-refractivity contribution is 5.87. The Bertz CT molecular complexity index is 406. The number of nitrogens with one attached hydrogen (secondary N) is 2. The predicted molar refractivity (Wildman–Crippen MR) is 74.4 cm³/mol. The van der Waals surface area contributed by atoms with E-state index in [9.17, 15) is 9.59 Å². The first kappa shape index (κ1) is 15.2. The maximum atomic E-state index is 11.7. The van der Waals surface area contributed by atoms with E-state index in [1.165, 1.54) is 0 Å². The molecule has 1 rings (SSSR count). The zero-order chi connectivity index (χ0) is 14.1. The molecule has 4 N–H and O–H groups in total. The summed E-state index contributed by atoms with van der Waals surface area (Å²) in [4.78, 5) is 22.8. The number of carbonyl (C=O) groups excluding carboxylic acids is 2. The van der Waals surface area contributed by atoms with Crippen LogP contribution in [-0.4, -0.2) is 30.9 Å². The summed E-state index contributed by atoms with van der Waals surface area (Å²) >= 11 is 0. The highest BCUT2D eigenvalue weighted by atomic mass is 16.2. The van der Waals surface area contributed by atoms with Crippen LogP contribution in [-0.2, 0) is 16.0 Å². The number of nitrogens with two attached hydrogens (primary N) is 1. The van der Waals surface area contributed by atoms with Gasteiger partial charge < -0.3 is 16.4 Å². The van der Waals surface area contributed by atoms with Crippen LogP contribution in [0.4, 0.5) is 0 Å². The Kier molecular flexibility index (Phi) is 6.60. The molecule has 0 fully saturated rings. The Balaban J connectivity index is 2.27. The number of benzene rings is 1. The molecule has 1 aromatic rings. The minimum atomic E-state index is -0.588. The van der Waals surface area contributed by atoms with Gasteiger partial charge in [0, 0.05) is 6.54 Å². The Morgan fingerprint density at radius 3 is 2.53 bits per heavy atom. The van der Waals surface area contributed by atoms with E-state index in [0.717, 1.165) is 12.0 Å². The summed E-state index contributed by atoms with van der Waals surface area (Å²) in [5.41, 5.74) is 6.93. The number of hydrogen-bond donors (Lipinski definition) is 3. The van der Waals surface area contributed by atoms with Gasteiger partial charge in [-0.2, -0.15) is 0 Å². The van der Waals surface area contributed by atoms with E-state index in [-0.39, 0.29) is 18.4 Å². The van der Waals surface area contributed by atoms with E-state index >= 15 is 0 Å². The summed E-state index contributed by atoms with van der Waals surface area (Å²) in [6, 6.07) is 9.27. The minimum absolute atomic E-state index is 0.0221. The van der Waals surface area contributed by atoms with Crippen LogP contribution in [0.1, 0.15) is 18.9 Å². The van der Waals surface area contributed by atoms with E-state index in [2.05, 4.69) is 10.6 Å². The van der Waals surface area contributed by atoms with Crippen LogP contribution in [0.2, 0.25) is 0 Å². The average Bonchev–Trinajstić information content (AvgIpc) is 2.43. The Hall–Kier alpha value is -1.88. The Labute approximate surface area is 113 Å². The molecule has 2 amide bonds. The quantitative estimate of drug-likeness (QED) is 0.657. The molecule has 1 atom stereocenters. The third-order valence-corrected chi connectivity index (χ3v) is 2.72. The van der Waals surface area contributed by atoms with Gasteiger partial charge in [0.05, 0.1) is 12.6 Å². The van der Waals surface area contributed by atoms with Crippen molar-refractivity contribution in [3.63, 3.8) is 0 Å². The largest absolute Gasteiger partial charge is 0.355 e. The van der Waals surface area contributed by atoms with Gasteiger partial charge in [-0.25, -0.2) is 0 Å². The molecule has 1 unspecified atom stereocenters. The van der Waals surface area contributed by atoms with Crippen LogP contribution in [0.5, 0.6) is 0 Å². The van der Waals surface area contributed by atoms with Crippen molar-refractivity contribution in [3.05, 3.63) is 35.9 Å². The molecule has 0 aliphatic rings. The summed E-state index contributed by atoms with van der Waals surface area (Å²) in [6.07, 6.45) is 1.31. The third kappa shape index (κ3) is 6.01. The fraction of sp³-hybridized carbons (Fsp3) is 0.429. The lowest BCUT2D eigenvalue weighted by atomic mass is 10.1. The van der Waals surface area contributed by atoms with Gasteiger partial charge in [-0.15, -0.1) is 0 Å². The molecule has 0 aliphatic carbocycles. The SMILES string of the molecule is CCNC(=O)CNC(=O)C(N)CCc1ccccc1. The first-order valence-corrected chi connectivity index (χ1v) is 6.47. The summed E-state index contributed by atoms with van der Waals surface area (Å²) < 4.78 is 0. The van der Waals surface area contributed by atoms with E-state index < -0.39 is 6.04 Å². The van der Waals surface area contributed by atoms with E-state index in [4.69, 9.17) is 5.73 Å². The lowest BCUT2D eigenvalue weighted by molar-refractivity contribution is -0.126. The van der Waals surface area contributed by atoms with Crippen molar-refractivity contribution in [2.24, 2.45) is 5.73 Å². The summed E-state index contributed by atoms with van der Waals surface area (Å²) in [6.45, 7) is 2.35. The third-order valence-electron chi connectivity index (χ3n) is 2.72. The number of amides is 2. The zero-order valence-corrected chi connectivity index (χ0v) is 11.2. The molecule has 0 aromatic heterocycles. The maximum Gasteiger partial charge on any atom is 0.239 e. The maximum absolute atomic E-state index is 11.7. The van der Waals surface area contributed by atoms with Crippen LogP contribution in [0.25, 0.3) is 0 Å². The van der Waals surface area contributed by atoms with Gasteiger partial charge in [0.2, 0.25) is 11.8 Å². The normalized spacial score (nSPS) is 11.7. The highest BCUT2D eigenvalue weighted by Crippen LogP contribution is 2.03. The van der Waals surface area contributed by atoms with Crippen LogP contribution in [0, 0.1) is 0 Å². The number of likely N-dealkylation sites (N-methyl/N-ethyl adjacent to an activating group) is 1. The molecule has 0 saturated heterocycles. The summed E-state index contributed by atoms with van der Waals surface area (Å²) in [7, 11) is 0. The van der Waals surface area contributed by atoms with Crippen LogP contribution < -0.4 is 16.4 Å². The van der Waals surface area contributed by atoms with Crippen LogP contribution in [0.15, 0.2) is 30.3 Å². The molecule has 0 bridgehead atoms. The second-order valence-electron chi connectivity index (χ2n) is 4.30. The number of carbonyl (C=O) groups is 2. The molecule has 0 radical (unpaired) electrons. The smallest absolute Gasteiger partial charge is 0.239 e. The predicted octanol–water partition coefficient (Wildman–Crippen LogP) is 0.199. The number of hydrogen-bond acceptors (Lipinski definition) is 3. The molecule has 5 nitrogen and oxygen atoms in total. The molecular formula is C14H21N3O2. The van der Waals surface area contributed by atoms with E-state index in [1.807, 2.05) is 37.3 Å². The standard InChI is InChI=1S/C14H21N3O2/c1-2-16-13(18)10-17-14(19)12(15)9-8-11-6-4-3-5-7-11/h3-7,12H,2,8-10,15H2,1H3,(H,16,18)(H,17,19). The lowest BCUT2D eigenvalue weighted by Gasteiger charge is -2.12. The van der Waals surface area contributed by atoms with Crippen molar-refractivity contribution in [1.82, 2.24) is 10.6 Å². The van der Waals surface area contributed by atoms with Gasteiger partial charge in [0.25, 0.3) is 0 Å². The zero-order valence-electron chi connectivity index (χ0n) is 11.2. The van der Waals surface area contributed by atoms with Crippen molar-refractivity contribution >= 4 is 11.8 Å². The number of rotatable bonds is 7. The van der Waals surface area contributed by atoms with E-state index in [1.54, 1.807) is 0 Å². The lowest BCUT2D eigenvalue weighted by Crippen LogP contribution is -2.45. The van der Waals surface area contributed by atoms with Gasteiger partial charge in [-0.1, -0.05) is 30.3 Å². The fourth-order valence-corrected chi connectivity index (χ4v) is 1.66. The van der Waals surface area contributed by atoms with Crippen molar-refractivity contribution < 1.29 is 9.59 Å². The van der Waals surface area contributed by atoms with Gasteiger partial charge in [0.1, 0.15) is 0 Å². The molecule has 0 spiro atoms. The first-order chi connectivity index (χ1) is 9.13. The average molecular weight is 263 g/mol. The minimum Gasteiger partial charge on any atom is -0.355 e. The highest BCUT2D eigenvalue weighted by Gasteiger charge is 2.13. The van der Waals surface area contributed by atoms with Gasteiger partial charge in [-0.3, -0.25) is 9.59 Å². The topological polar surface area (TPSA) is 84.2 Å². The molecular weight excluding hydrogens is 242 g/mol. The summed E-state index contributed by atoms with van der Waals surface area (Å²) in [5.74, 6) is -0.492. The number of aryl methyl sites for hydroxylation is 1. The molecule has 0 aliphatic heterocycles. The van der Waals surface area contributed by atoms with Gasteiger partial charge in [-0.05, 0) is 25.3 Å². The van der Waals surface area contributed by atoms with Crippen molar-refractivity contribution in [2.75, 3.05) is 13.1 Å². The molecule has 19 heavy (non-hydrogen) atoms. The van der Waals surface area contributed by atoms with E-state index in [0.29, 0.717) is 13.0 Å². The van der Waals surface area contributed by atoms with Crippen molar-refractivity contribution in [1.29, 1.82) is 0 Å². The summed E-state index contributed by atoms with van der Waals surface area (Å²) in [5, 5.41) is 5.13. The molecule has 104 valence electrons. The fourth-order valence-electron chi connectivity index (χ4n) is 1.66. The molecule has 1 aromatic carbocycles.